The molecule has 0 unspecified atom stereocenters. The second-order valence-corrected chi connectivity index (χ2v) is 11.0. The Labute approximate surface area is 252 Å². The van der Waals surface area contributed by atoms with Gasteiger partial charge in [-0.25, -0.2) is 13.6 Å². The molecule has 224 valence electrons. The summed E-state index contributed by atoms with van der Waals surface area (Å²) in [6, 6.07) is 28.1. The maximum atomic E-state index is 14.5. The van der Waals surface area contributed by atoms with Gasteiger partial charge in [-0.1, -0.05) is 72.8 Å². The summed E-state index contributed by atoms with van der Waals surface area (Å²) in [5.41, 5.74) is 4.29. The summed E-state index contributed by atoms with van der Waals surface area (Å²) < 4.78 is 28.6. The van der Waals surface area contributed by atoms with Crippen LogP contribution >= 0.6 is 0 Å². The lowest BCUT2D eigenvalue weighted by molar-refractivity contribution is -0.0453. The maximum Gasteiger partial charge on any atom is 0.321 e. The van der Waals surface area contributed by atoms with E-state index in [0.717, 1.165) is 22.3 Å². The number of urea groups is 1. The molecule has 0 radical (unpaired) electrons. The van der Waals surface area contributed by atoms with Gasteiger partial charge in [-0.15, -0.1) is 0 Å². The third-order valence-corrected chi connectivity index (χ3v) is 8.25. The molecule has 8 heteroatoms. The van der Waals surface area contributed by atoms with Crippen molar-refractivity contribution < 1.29 is 18.7 Å². The number of benzene rings is 4. The predicted molar refractivity (Wildman–Crippen MR) is 167 cm³/mol. The first kappa shape index (κ1) is 30.0. The number of carbonyl (C=O) groups is 1. The topological polar surface area (TPSA) is 67.8 Å². The second kappa shape index (κ2) is 13.7. The van der Waals surface area contributed by atoms with E-state index in [2.05, 4.69) is 10.6 Å². The molecule has 1 saturated heterocycles. The van der Waals surface area contributed by atoms with E-state index in [-0.39, 0.29) is 30.8 Å². The average Bonchev–Trinajstić information content (AvgIpc) is 3.03. The number of amides is 2. The minimum Gasteiger partial charge on any atom is -0.389 e. The lowest BCUT2D eigenvalue weighted by Crippen LogP contribution is -2.66. The second-order valence-electron chi connectivity index (χ2n) is 11.0. The molecule has 2 amide bonds. The number of hydrogen-bond acceptors (Lipinski definition) is 4. The number of halogens is 2. The number of hydrogen-bond donors (Lipinski definition) is 3. The third-order valence-electron chi connectivity index (χ3n) is 8.25. The summed E-state index contributed by atoms with van der Waals surface area (Å²) in [6.07, 6.45) is 0.814. The Morgan fingerprint density at radius 1 is 0.674 bits per heavy atom. The van der Waals surface area contributed by atoms with Gasteiger partial charge in [0.2, 0.25) is 0 Å². The molecular formula is C35H38F2N4O2. The normalized spacial score (nSPS) is 18.5. The van der Waals surface area contributed by atoms with Crippen LogP contribution in [-0.2, 0) is 25.9 Å². The number of aliphatic hydroxyl groups excluding tert-OH is 1. The summed E-state index contributed by atoms with van der Waals surface area (Å²) >= 11 is 0. The van der Waals surface area contributed by atoms with Gasteiger partial charge in [0, 0.05) is 27.2 Å². The van der Waals surface area contributed by atoms with Crippen molar-refractivity contribution in [3.05, 3.63) is 131 Å². The van der Waals surface area contributed by atoms with E-state index < -0.39 is 18.2 Å². The average molecular weight is 585 g/mol. The molecule has 1 heterocycles. The molecule has 0 aliphatic carbocycles. The lowest BCUT2D eigenvalue weighted by Gasteiger charge is -2.49. The largest absolute Gasteiger partial charge is 0.389 e. The van der Waals surface area contributed by atoms with E-state index in [1.54, 1.807) is 48.2 Å². The van der Waals surface area contributed by atoms with Gasteiger partial charge in [-0.05, 0) is 65.8 Å². The molecule has 43 heavy (non-hydrogen) atoms. The van der Waals surface area contributed by atoms with E-state index in [4.69, 9.17) is 0 Å². The van der Waals surface area contributed by atoms with Crippen molar-refractivity contribution in [1.82, 2.24) is 9.80 Å². The zero-order valence-corrected chi connectivity index (χ0v) is 24.5. The Morgan fingerprint density at radius 2 is 1.16 bits per heavy atom. The number of rotatable bonds is 11. The molecule has 0 saturated carbocycles. The smallest absolute Gasteiger partial charge is 0.321 e. The quantitative estimate of drug-likeness (QED) is 0.189. The highest BCUT2D eigenvalue weighted by Crippen LogP contribution is 2.32. The summed E-state index contributed by atoms with van der Waals surface area (Å²) in [7, 11) is 3.30. The first-order valence-electron chi connectivity index (χ1n) is 14.6. The van der Waals surface area contributed by atoms with Gasteiger partial charge in [0.25, 0.3) is 0 Å². The highest BCUT2D eigenvalue weighted by Gasteiger charge is 2.45. The number of nitrogens with one attached hydrogen (secondary N) is 2. The van der Waals surface area contributed by atoms with Crippen molar-refractivity contribution >= 4 is 17.4 Å². The van der Waals surface area contributed by atoms with E-state index in [9.17, 15) is 18.7 Å². The fraction of sp³-hybridized carbons (Fsp3) is 0.286. The van der Waals surface area contributed by atoms with Crippen LogP contribution in [-0.4, -0.2) is 53.2 Å². The van der Waals surface area contributed by atoms with E-state index in [1.807, 2.05) is 60.7 Å². The van der Waals surface area contributed by atoms with Crippen molar-refractivity contribution in [2.45, 2.75) is 50.5 Å². The Kier molecular flexibility index (Phi) is 9.57. The zero-order valence-electron chi connectivity index (χ0n) is 24.5. The van der Waals surface area contributed by atoms with Crippen LogP contribution < -0.4 is 10.6 Å². The van der Waals surface area contributed by atoms with Crippen molar-refractivity contribution in [2.75, 3.05) is 24.7 Å². The number of anilines is 2. The van der Waals surface area contributed by atoms with Gasteiger partial charge in [0.1, 0.15) is 11.6 Å². The van der Waals surface area contributed by atoms with Gasteiger partial charge in [-0.3, -0.25) is 0 Å². The van der Waals surface area contributed by atoms with Crippen LogP contribution in [0.25, 0.3) is 0 Å². The number of carbonyl (C=O) groups excluding carboxylic acids is 1. The molecule has 4 aromatic rings. The van der Waals surface area contributed by atoms with Crippen LogP contribution in [0, 0.1) is 11.6 Å². The molecule has 3 atom stereocenters. The fourth-order valence-corrected chi connectivity index (χ4v) is 5.93. The van der Waals surface area contributed by atoms with Gasteiger partial charge in [-0.2, -0.15) is 0 Å². The Balaban J connectivity index is 1.53. The third kappa shape index (κ3) is 6.97. The van der Waals surface area contributed by atoms with Crippen LogP contribution in [0.1, 0.15) is 28.7 Å². The minimum absolute atomic E-state index is 0.190. The lowest BCUT2D eigenvalue weighted by atomic mass is 9.88. The molecule has 0 bridgehead atoms. The maximum absolute atomic E-state index is 14.5. The molecule has 0 spiro atoms. The van der Waals surface area contributed by atoms with Crippen molar-refractivity contribution in [1.29, 1.82) is 0 Å². The van der Waals surface area contributed by atoms with E-state index in [1.165, 1.54) is 12.1 Å². The molecule has 1 aliphatic rings. The predicted octanol–water partition coefficient (Wildman–Crippen LogP) is 6.46. The van der Waals surface area contributed by atoms with E-state index >= 15 is 0 Å². The molecule has 5 rings (SSSR count). The van der Waals surface area contributed by atoms with E-state index in [0.29, 0.717) is 30.6 Å². The molecule has 1 aliphatic heterocycles. The highest BCUT2D eigenvalue weighted by molar-refractivity contribution is 5.77. The molecule has 4 aromatic carbocycles. The number of aliphatic hydroxyl groups is 1. The Bertz CT molecular complexity index is 1520. The molecule has 0 aromatic heterocycles. The van der Waals surface area contributed by atoms with Gasteiger partial charge >= 0.3 is 6.03 Å². The summed E-state index contributed by atoms with van der Waals surface area (Å²) in [5.74, 6) is -0.755. The molecule has 1 fully saturated rings. The van der Waals surface area contributed by atoms with Crippen molar-refractivity contribution in [3.63, 3.8) is 0 Å². The van der Waals surface area contributed by atoms with Crippen molar-refractivity contribution in [2.24, 2.45) is 0 Å². The summed E-state index contributed by atoms with van der Waals surface area (Å²) in [4.78, 5) is 17.9. The standard InChI is InChI=1S/C35H38F2N4O2/c1-38-30-19-26(13-16-28(30)36)22-40-32(18-15-24-9-5-3-6-10-24)34(42)33(21-25-11-7-4-8-12-25)41(35(40)43)23-27-14-17-29(37)31(20-27)39-2/h3-14,16-17,19-20,32-34,38-39,42H,15,18,21-23H2,1-2H3/t32-,33-,34-/m1/s1. The first-order valence-corrected chi connectivity index (χ1v) is 14.6. The molecule has 6 nitrogen and oxygen atoms in total. The first-order chi connectivity index (χ1) is 20.9. The van der Waals surface area contributed by atoms with Crippen LogP contribution in [0.15, 0.2) is 97.1 Å². The minimum atomic E-state index is -0.880. The van der Waals surface area contributed by atoms with Gasteiger partial charge in [0.15, 0.2) is 0 Å². The fourth-order valence-electron chi connectivity index (χ4n) is 5.93. The van der Waals surface area contributed by atoms with Crippen LogP contribution in [0.2, 0.25) is 0 Å². The number of nitrogens with zero attached hydrogens (tertiary/aromatic N) is 2. The molecular weight excluding hydrogens is 546 g/mol. The Hall–Kier alpha value is -4.43. The summed E-state index contributed by atoms with van der Waals surface area (Å²) in [6.45, 7) is 0.388. The number of aryl methyl sites for hydroxylation is 1. The SMILES string of the molecule is CNc1cc(CN2C(=O)N(Cc3ccc(F)c(NC)c3)[C@H](Cc3ccccc3)[C@H](O)[C@H]2CCc2ccccc2)ccc1F. The Morgan fingerprint density at radius 3 is 1.67 bits per heavy atom. The zero-order chi connectivity index (χ0) is 30.3. The van der Waals surface area contributed by atoms with Crippen LogP contribution in [0.4, 0.5) is 25.0 Å². The van der Waals surface area contributed by atoms with Crippen LogP contribution in [0.5, 0.6) is 0 Å². The van der Waals surface area contributed by atoms with Gasteiger partial charge < -0.3 is 25.5 Å². The highest BCUT2D eigenvalue weighted by atomic mass is 19.1. The van der Waals surface area contributed by atoms with Gasteiger partial charge in [0.05, 0.1) is 29.6 Å². The summed E-state index contributed by atoms with van der Waals surface area (Å²) in [5, 5.41) is 17.8. The monoisotopic (exact) mass is 584 g/mol. The van der Waals surface area contributed by atoms with Crippen molar-refractivity contribution in [3.8, 4) is 0 Å². The van der Waals surface area contributed by atoms with Crippen LogP contribution in [0.3, 0.4) is 0 Å². The molecule has 3 N–H and O–H groups in total.